The maximum Gasteiger partial charge on any atom is 0.343 e. The molecule has 154 valence electrons. The fourth-order valence-corrected chi connectivity index (χ4v) is 5.81. The van der Waals surface area contributed by atoms with Gasteiger partial charge in [-0.2, -0.15) is 0 Å². The van der Waals surface area contributed by atoms with Crippen molar-refractivity contribution in [3.8, 4) is 5.75 Å². The maximum atomic E-state index is 13.0. The highest BCUT2D eigenvalue weighted by atomic mass is 16.5. The second-order valence-corrected chi connectivity index (χ2v) is 8.84. The summed E-state index contributed by atoms with van der Waals surface area (Å²) in [5.74, 6) is 0.257. The molecular weight excluding hydrogens is 390 g/mol. The molecule has 5 heteroatoms. The van der Waals surface area contributed by atoms with Gasteiger partial charge in [-0.15, -0.1) is 0 Å². The number of amides is 2. The van der Waals surface area contributed by atoms with Crippen molar-refractivity contribution in [1.29, 1.82) is 0 Å². The number of benzene rings is 3. The van der Waals surface area contributed by atoms with Crippen LogP contribution in [0.2, 0.25) is 0 Å². The molecule has 0 aromatic heterocycles. The quantitative estimate of drug-likeness (QED) is 0.359. The zero-order valence-corrected chi connectivity index (χ0v) is 16.9. The van der Waals surface area contributed by atoms with Gasteiger partial charge in [0.25, 0.3) is 0 Å². The third kappa shape index (κ3) is 2.80. The number of rotatable bonds is 3. The van der Waals surface area contributed by atoms with Gasteiger partial charge in [0.05, 0.1) is 23.1 Å². The number of esters is 1. The number of carbonyl (C=O) groups is 3. The summed E-state index contributed by atoms with van der Waals surface area (Å²) >= 11 is 0. The molecule has 1 aliphatic heterocycles. The van der Waals surface area contributed by atoms with E-state index in [0.717, 1.165) is 30.0 Å². The van der Waals surface area contributed by atoms with Gasteiger partial charge in [0.1, 0.15) is 5.75 Å². The Hall–Kier alpha value is -3.47. The van der Waals surface area contributed by atoms with Crippen LogP contribution in [0.15, 0.2) is 66.7 Å². The smallest absolute Gasteiger partial charge is 0.343 e. The Bertz CT molecular complexity index is 1200. The molecular formula is C26H21NO4. The van der Waals surface area contributed by atoms with Crippen LogP contribution in [0.1, 0.15) is 29.6 Å². The standard InChI is InChI=1S/C26H21NO4/c28-24-22-18-5-6-19(13-18)23(22)25(29)27(24)20-10-7-16(8-11-20)26(30)31-21-12-9-15-3-1-2-4-17(15)14-21/h1-4,7-12,14,18-19,22-23H,5-6,13H2/t18-,19+,22+,23-. The Kier molecular flexibility index (Phi) is 4.00. The molecule has 0 N–H and O–H groups in total. The molecule has 31 heavy (non-hydrogen) atoms. The minimum atomic E-state index is -0.476. The molecule has 0 unspecified atom stereocenters. The van der Waals surface area contributed by atoms with Gasteiger partial charge in [0.15, 0.2) is 0 Å². The van der Waals surface area contributed by atoms with Gasteiger partial charge in [-0.05, 0) is 78.3 Å². The van der Waals surface area contributed by atoms with Crippen molar-refractivity contribution in [2.75, 3.05) is 4.90 Å². The van der Waals surface area contributed by atoms with Crippen LogP contribution in [0.3, 0.4) is 0 Å². The molecule has 2 amide bonds. The van der Waals surface area contributed by atoms with E-state index in [2.05, 4.69) is 0 Å². The largest absolute Gasteiger partial charge is 0.423 e. The minimum absolute atomic E-state index is 0.0753. The van der Waals surface area contributed by atoms with Gasteiger partial charge >= 0.3 is 5.97 Å². The number of hydrogen-bond donors (Lipinski definition) is 0. The van der Waals surface area contributed by atoms with Crippen LogP contribution in [0.5, 0.6) is 5.75 Å². The fourth-order valence-electron chi connectivity index (χ4n) is 5.81. The molecule has 1 heterocycles. The first kappa shape index (κ1) is 18.3. The van der Waals surface area contributed by atoms with Crippen molar-refractivity contribution in [2.45, 2.75) is 19.3 Å². The lowest BCUT2D eigenvalue weighted by molar-refractivity contribution is -0.123. The number of fused-ring (bicyclic) bond motifs is 6. The van der Waals surface area contributed by atoms with E-state index < -0.39 is 5.97 Å². The number of nitrogens with zero attached hydrogens (tertiary/aromatic N) is 1. The van der Waals surface area contributed by atoms with Crippen LogP contribution >= 0.6 is 0 Å². The molecule has 4 atom stereocenters. The molecule has 0 spiro atoms. The molecule has 5 nitrogen and oxygen atoms in total. The highest BCUT2D eigenvalue weighted by Crippen LogP contribution is 2.56. The number of anilines is 1. The van der Waals surface area contributed by atoms with E-state index in [-0.39, 0.29) is 23.7 Å². The lowest BCUT2D eigenvalue weighted by atomic mass is 9.81. The molecule has 2 saturated carbocycles. The third-order valence-corrected chi connectivity index (χ3v) is 7.22. The highest BCUT2D eigenvalue weighted by molar-refractivity contribution is 6.22. The Morgan fingerprint density at radius 1 is 0.806 bits per heavy atom. The second kappa shape index (κ2) is 6.77. The monoisotopic (exact) mass is 411 g/mol. The SMILES string of the molecule is O=C(Oc1ccc2ccccc2c1)c1ccc(N2C(=O)[C@@H]3[C@H]4CC[C@H](C4)[C@@H]3C2=O)cc1. The Morgan fingerprint density at radius 2 is 1.45 bits per heavy atom. The van der Waals surface area contributed by atoms with Crippen molar-refractivity contribution in [2.24, 2.45) is 23.7 Å². The minimum Gasteiger partial charge on any atom is -0.423 e. The summed E-state index contributed by atoms with van der Waals surface area (Å²) in [6.07, 6.45) is 3.12. The lowest BCUT2D eigenvalue weighted by Crippen LogP contribution is -2.32. The Balaban J connectivity index is 1.21. The molecule has 6 rings (SSSR count). The zero-order valence-electron chi connectivity index (χ0n) is 16.9. The van der Waals surface area contributed by atoms with Gasteiger partial charge in [-0.1, -0.05) is 30.3 Å². The van der Waals surface area contributed by atoms with E-state index >= 15 is 0 Å². The summed E-state index contributed by atoms with van der Waals surface area (Å²) in [7, 11) is 0. The Labute approximate surface area is 179 Å². The van der Waals surface area contributed by atoms with Gasteiger partial charge in [-0.25, -0.2) is 4.79 Å². The van der Waals surface area contributed by atoms with E-state index in [4.69, 9.17) is 4.74 Å². The zero-order chi connectivity index (χ0) is 21.1. The second-order valence-electron chi connectivity index (χ2n) is 8.84. The molecule has 1 saturated heterocycles. The first-order chi connectivity index (χ1) is 15.1. The van der Waals surface area contributed by atoms with E-state index in [0.29, 0.717) is 28.8 Å². The van der Waals surface area contributed by atoms with Crippen LogP contribution in [-0.2, 0) is 9.59 Å². The predicted molar refractivity (Wildman–Crippen MR) is 116 cm³/mol. The average molecular weight is 411 g/mol. The van der Waals surface area contributed by atoms with Crippen molar-refractivity contribution < 1.29 is 19.1 Å². The van der Waals surface area contributed by atoms with Crippen LogP contribution in [0, 0.1) is 23.7 Å². The van der Waals surface area contributed by atoms with Crippen molar-refractivity contribution in [1.82, 2.24) is 0 Å². The van der Waals surface area contributed by atoms with Crippen LogP contribution in [0.25, 0.3) is 10.8 Å². The van der Waals surface area contributed by atoms with Crippen LogP contribution in [0.4, 0.5) is 5.69 Å². The number of carbonyl (C=O) groups excluding carboxylic acids is 3. The van der Waals surface area contributed by atoms with Crippen molar-refractivity contribution in [3.63, 3.8) is 0 Å². The maximum absolute atomic E-state index is 13.0. The van der Waals surface area contributed by atoms with Crippen LogP contribution < -0.4 is 9.64 Å². The third-order valence-electron chi connectivity index (χ3n) is 7.22. The molecule has 2 bridgehead atoms. The summed E-state index contributed by atoms with van der Waals surface area (Å²) < 4.78 is 5.53. The summed E-state index contributed by atoms with van der Waals surface area (Å²) in [6, 6.07) is 19.9. The number of imide groups is 1. The summed E-state index contributed by atoms with van der Waals surface area (Å²) in [5.41, 5.74) is 0.905. The number of hydrogen-bond acceptors (Lipinski definition) is 4. The van der Waals surface area contributed by atoms with Crippen molar-refractivity contribution in [3.05, 3.63) is 72.3 Å². The van der Waals surface area contributed by atoms with Gasteiger partial charge in [0.2, 0.25) is 11.8 Å². The van der Waals surface area contributed by atoms with Gasteiger partial charge < -0.3 is 4.74 Å². The average Bonchev–Trinajstić information content (AvgIpc) is 3.47. The van der Waals surface area contributed by atoms with Crippen LogP contribution in [-0.4, -0.2) is 17.8 Å². The van der Waals surface area contributed by atoms with E-state index in [1.807, 2.05) is 36.4 Å². The highest BCUT2D eigenvalue weighted by Gasteiger charge is 2.61. The van der Waals surface area contributed by atoms with Gasteiger partial charge in [-0.3, -0.25) is 14.5 Å². The normalized spacial score (nSPS) is 26.5. The summed E-state index contributed by atoms with van der Waals surface area (Å²) in [6.45, 7) is 0. The number of ether oxygens (including phenoxy) is 1. The lowest BCUT2D eigenvalue weighted by Gasteiger charge is -2.19. The van der Waals surface area contributed by atoms with Gasteiger partial charge in [0, 0.05) is 0 Å². The molecule has 3 aromatic carbocycles. The summed E-state index contributed by atoms with van der Waals surface area (Å²) in [4.78, 5) is 39.9. The molecule has 3 fully saturated rings. The first-order valence-corrected chi connectivity index (χ1v) is 10.8. The van der Waals surface area contributed by atoms with E-state index in [9.17, 15) is 14.4 Å². The fraction of sp³-hybridized carbons (Fsp3) is 0.269. The first-order valence-electron chi connectivity index (χ1n) is 10.8. The van der Waals surface area contributed by atoms with Crippen molar-refractivity contribution >= 4 is 34.2 Å². The molecule has 3 aromatic rings. The Morgan fingerprint density at radius 3 is 2.13 bits per heavy atom. The molecule has 2 aliphatic carbocycles. The summed E-state index contributed by atoms with van der Waals surface area (Å²) in [5, 5.41) is 2.07. The predicted octanol–water partition coefficient (Wildman–Crippen LogP) is 4.59. The topological polar surface area (TPSA) is 63.7 Å². The molecule has 0 radical (unpaired) electrons. The van der Waals surface area contributed by atoms with E-state index in [1.165, 1.54) is 4.90 Å². The molecule has 3 aliphatic rings. The van der Waals surface area contributed by atoms with E-state index in [1.54, 1.807) is 30.3 Å².